The van der Waals surface area contributed by atoms with Crippen molar-refractivity contribution in [1.82, 2.24) is 10.3 Å². The van der Waals surface area contributed by atoms with E-state index >= 15 is 0 Å². The Bertz CT molecular complexity index is 526. The molecule has 0 atom stereocenters. The van der Waals surface area contributed by atoms with Gasteiger partial charge in [-0.3, -0.25) is 9.78 Å². The Kier molecular flexibility index (Phi) is 4.98. The van der Waals surface area contributed by atoms with Crippen LogP contribution in [0.25, 0.3) is 0 Å². The number of aryl methyl sites for hydroxylation is 1. The van der Waals surface area contributed by atoms with Crippen LogP contribution in [0.3, 0.4) is 0 Å². The Balaban J connectivity index is 1.72. The molecule has 0 saturated carbocycles. The molecule has 0 aliphatic carbocycles. The summed E-state index contributed by atoms with van der Waals surface area (Å²) in [6, 6.07) is 11.8. The van der Waals surface area contributed by atoms with Crippen molar-refractivity contribution in [3.63, 3.8) is 0 Å². The van der Waals surface area contributed by atoms with Gasteiger partial charge in [-0.25, -0.2) is 0 Å². The van der Waals surface area contributed by atoms with Gasteiger partial charge in [0.25, 0.3) is 5.91 Å². The molecular formula is C15H16N2OS. The molecule has 0 aliphatic rings. The molecule has 1 aromatic heterocycles. The van der Waals surface area contributed by atoms with Crippen molar-refractivity contribution in [2.45, 2.75) is 11.8 Å². The summed E-state index contributed by atoms with van der Waals surface area (Å²) in [7, 11) is 0. The van der Waals surface area contributed by atoms with Gasteiger partial charge < -0.3 is 5.32 Å². The number of amides is 1. The number of carbonyl (C=O) groups is 1. The average molecular weight is 272 g/mol. The van der Waals surface area contributed by atoms with Crippen LogP contribution in [0.2, 0.25) is 0 Å². The van der Waals surface area contributed by atoms with E-state index in [0.29, 0.717) is 12.1 Å². The lowest BCUT2D eigenvalue weighted by molar-refractivity contribution is 0.0956. The van der Waals surface area contributed by atoms with Crippen LogP contribution in [0.5, 0.6) is 0 Å². The number of pyridine rings is 1. The first-order chi connectivity index (χ1) is 9.25. The first-order valence-electron chi connectivity index (χ1n) is 6.13. The Morgan fingerprint density at radius 2 is 1.84 bits per heavy atom. The highest BCUT2D eigenvalue weighted by Crippen LogP contribution is 2.17. The topological polar surface area (TPSA) is 42.0 Å². The van der Waals surface area contributed by atoms with Crippen molar-refractivity contribution < 1.29 is 4.79 Å². The zero-order valence-corrected chi connectivity index (χ0v) is 11.6. The summed E-state index contributed by atoms with van der Waals surface area (Å²) in [5, 5.41) is 2.89. The number of nitrogens with one attached hydrogen (secondary N) is 1. The molecule has 0 saturated heterocycles. The van der Waals surface area contributed by atoms with E-state index in [4.69, 9.17) is 0 Å². The zero-order chi connectivity index (χ0) is 13.5. The first-order valence-corrected chi connectivity index (χ1v) is 7.12. The first kappa shape index (κ1) is 13.6. The number of benzene rings is 1. The van der Waals surface area contributed by atoms with Gasteiger partial charge in [-0.1, -0.05) is 17.7 Å². The minimum atomic E-state index is -0.0492. The van der Waals surface area contributed by atoms with Crippen LogP contribution in [0.4, 0.5) is 0 Å². The van der Waals surface area contributed by atoms with Crippen molar-refractivity contribution in [2.24, 2.45) is 0 Å². The molecular weight excluding hydrogens is 256 g/mol. The summed E-state index contributed by atoms with van der Waals surface area (Å²) in [4.78, 5) is 16.9. The summed E-state index contributed by atoms with van der Waals surface area (Å²) >= 11 is 1.74. The smallest absolute Gasteiger partial charge is 0.251 e. The lowest BCUT2D eigenvalue weighted by atomic mass is 10.2. The predicted octanol–water partition coefficient (Wildman–Crippen LogP) is 2.91. The Labute approximate surface area is 117 Å². The Morgan fingerprint density at radius 1 is 1.16 bits per heavy atom. The normalized spacial score (nSPS) is 10.2. The number of hydrogen-bond donors (Lipinski definition) is 1. The fraction of sp³-hybridized carbons (Fsp3) is 0.200. The highest BCUT2D eigenvalue weighted by atomic mass is 32.2. The van der Waals surface area contributed by atoms with Gasteiger partial charge in [0.1, 0.15) is 0 Å². The molecule has 2 aromatic rings. The van der Waals surface area contributed by atoms with E-state index in [-0.39, 0.29) is 5.91 Å². The summed E-state index contributed by atoms with van der Waals surface area (Å²) in [6.07, 6.45) is 3.24. The maximum absolute atomic E-state index is 11.8. The lowest BCUT2D eigenvalue weighted by Gasteiger charge is -2.05. The minimum absolute atomic E-state index is 0.0492. The number of thioether (sulfide) groups is 1. The van der Waals surface area contributed by atoms with Crippen LogP contribution in [-0.2, 0) is 0 Å². The molecule has 1 amide bonds. The third-order valence-corrected chi connectivity index (χ3v) is 3.63. The van der Waals surface area contributed by atoms with Crippen LogP contribution < -0.4 is 5.32 Å². The SMILES string of the molecule is Cc1ccc(SCCNC(=O)c2ccncc2)cc1. The van der Waals surface area contributed by atoms with Crippen molar-refractivity contribution in [2.75, 3.05) is 12.3 Å². The van der Waals surface area contributed by atoms with Gasteiger partial charge in [0.2, 0.25) is 0 Å². The maximum atomic E-state index is 11.8. The van der Waals surface area contributed by atoms with E-state index in [2.05, 4.69) is 41.5 Å². The minimum Gasteiger partial charge on any atom is -0.351 e. The van der Waals surface area contributed by atoms with Gasteiger partial charge in [0, 0.05) is 35.2 Å². The fourth-order valence-corrected chi connectivity index (χ4v) is 2.34. The van der Waals surface area contributed by atoms with E-state index < -0.39 is 0 Å². The molecule has 0 aliphatic heterocycles. The molecule has 0 unspecified atom stereocenters. The molecule has 1 aromatic carbocycles. The van der Waals surface area contributed by atoms with Crippen molar-refractivity contribution in [3.05, 3.63) is 59.9 Å². The standard InChI is InChI=1S/C15H16N2OS/c1-12-2-4-14(5-3-12)19-11-10-17-15(18)13-6-8-16-9-7-13/h2-9H,10-11H2,1H3,(H,17,18). The molecule has 0 spiro atoms. The second-order valence-electron chi connectivity index (χ2n) is 4.15. The van der Waals surface area contributed by atoms with Crippen LogP contribution in [0.15, 0.2) is 53.7 Å². The maximum Gasteiger partial charge on any atom is 0.251 e. The Hall–Kier alpha value is -1.81. The predicted molar refractivity (Wildman–Crippen MR) is 78.5 cm³/mol. The third-order valence-electron chi connectivity index (χ3n) is 2.62. The molecule has 1 N–H and O–H groups in total. The monoisotopic (exact) mass is 272 g/mol. The van der Waals surface area contributed by atoms with Gasteiger partial charge >= 0.3 is 0 Å². The highest BCUT2D eigenvalue weighted by Gasteiger charge is 2.03. The summed E-state index contributed by atoms with van der Waals surface area (Å²) in [6.45, 7) is 2.73. The van der Waals surface area contributed by atoms with Crippen LogP contribution >= 0.6 is 11.8 Å². The van der Waals surface area contributed by atoms with Gasteiger partial charge in [0.15, 0.2) is 0 Å². The second kappa shape index (κ2) is 6.95. The quantitative estimate of drug-likeness (QED) is 0.672. The van der Waals surface area contributed by atoms with Crippen molar-refractivity contribution in [3.8, 4) is 0 Å². The molecule has 2 rings (SSSR count). The van der Waals surface area contributed by atoms with E-state index in [0.717, 1.165) is 5.75 Å². The van der Waals surface area contributed by atoms with E-state index in [1.807, 2.05) is 0 Å². The molecule has 0 bridgehead atoms. The van der Waals surface area contributed by atoms with E-state index in [1.165, 1.54) is 10.5 Å². The molecule has 3 nitrogen and oxygen atoms in total. The van der Waals surface area contributed by atoms with Gasteiger partial charge in [-0.05, 0) is 31.2 Å². The third kappa shape index (κ3) is 4.41. The fourth-order valence-electron chi connectivity index (χ4n) is 1.57. The second-order valence-corrected chi connectivity index (χ2v) is 5.32. The molecule has 19 heavy (non-hydrogen) atoms. The Morgan fingerprint density at radius 3 is 2.53 bits per heavy atom. The summed E-state index contributed by atoms with van der Waals surface area (Å²) < 4.78 is 0. The number of carbonyl (C=O) groups excluding carboxylic acids is 1. The van der Waals surface area contributed by atoms with Crippen LogP contribution in [0.1, 0.15) is 15.9 Å². The van der Waals surface area contributed by atoms with Crippen molar-refractivity contribution in [1.29, 1.82) is 0 Å². The summed E-state index contributed by atoms with van der Waals surface area (Å²) in [5.74, 6) is 0.812. The average Bonchev–Trinajstić information content (AvgIpc) is 2.46. The molecule has 98 valence electrons. The highest BCUT2D eigenvalue weighted by molar-refractivity contribution is 7.99. The van der Waals surface area contributed by atoms with Gasteiger partial charge in [0.05, 0.1) is 0 Å². The number of nitrogens with zero attached hydrogens (tertiary/aromatic N) is 1. The lowest BCUT2D eigenvalue weighted by Crippen LogP contribution is -2.25. The van der Waals surface area contributed by atoms with Gasteiger partial charge in [-0.15, -0.1) is 11.8 Å². The molecule has 4 heteroatoms. The summed E-state index contributed by atoms with van der Waals surface area (Å²) in [5.41, 5.74) is 1.91. The van der Waals surface area contributed by atoms with Gasteiger partial charge in [-0.2, -0.15) is 0 Å². The number of rotatable bonds is 5. The van der Waals surface area contributed by atoms with E-state index in [9.17, 15) is 4.79 Å². The van der Waals surface area contributed by atoms with Crippen molar-refractivity contribution >= 4 is 17.7 Å². The zero-order valence-electron chi connectivity index (χ0n) is 10.8. The largest absolute Gasteiger partial charge is 0.351 e. The number of hydrogen-bond acceptors (Lipinski definition) is 3. The number of aromatic nitrogens is 1. The molecule has 0 fully saturated rings. The van der Waals surface area contributed by atoms with Crippen LogP contribution in [-0.4, -0.2) is 23.2 Å². The molecule has 0 radical (unpaired) electrons. The van der Waals surface area contributed by atoms with Crippen LogP contribution in [0, 0.1) is 6.92 Å². The van der Waals surface area contributed by atoms with E-state index in [1.54, 1.807) is 36.3 Å². The molecule has 1 heterocycles.